The first-order valence-corrected chi connectivity index (χ1v) is 7.93. The third kappa shape index (κ3) is 3.82. The van der Waals surface area contributed by atoms with E-state index in [2.05, 4.69) is 6.07 Å². The summed E-state index contributed by atoms with van der Waals surface area (Å²) in [6, 6.07) is 3.88. The highest BCUT2D eigenvalue weighted by Gasteiger charge is 2.38. The fraction of sp³-hybridized carbons (Fsp3) is 0.600. The maximum Gasteiger partial charge on any atom is 0.328 e. The molecule has 1 aromatic rings. The molecule has 20 heavy (non-hydrogen) atoms. The summed E-state index contributed by atoms with van der Waals surface area (Å²) in [4.78, 5) is 27.0. The van der Waals surface area contributed by atoms with Gasteiger partial charge in [0.2, 0.25) is 5.91 Å². The van der Waals surface area contributed by atoms with Gasteiger partial charge in [0.05, 0.1) is 7.11 Å². The van der Waals surface area contributed by atoms with Crippen LogP contribution in [0.3, 0.4) is 0 Å². The lowest BCUT2D eigenvalue weighted by Gasteiger charge is -2.27. The van der Waals surface area contributed by atoms with E-state index in [1.807, 2.05) is 11.4 Å². The van der Waals surface area contributed by atoms with E-state index in [1.165, 1.54) is 12.0 Å². The van der Waals surface area contributed by atoms with Crippen LogP contribution in [0.2, 0.25) is 0 Å². The summed E-state index contributed by atoms with van der Waals surface area (Å²) in [5.41, 5.74) is 0. The van der Waals surface area contributed by atoms with Gasteiger partial charge in [-0.15, -0.1) is 11.3 Å². The Kier molecular flexibility index (Phi) is 5.17. The molecule has 0 spiro atoms. The second-order valence-electron chi connectivity index (χ2n) is 5.16. The van der Waals surface area contributed by atoms with Gasteiger partial charge in [-0.25, -0.2) is 4.79 Å². The summed E-state index contributed by atoms with van der Waals surface area (Å²) in [5.74, 6) is -0.259. The average molecular weight is 295 g/mol. The van der Waals surface area contributed by atoms with E-state index in [0.717, 1.165) is 25.7 Å². The highest BCUT2D eigenvalue weighted by molar-refractivity contribution is 7.09. The zero-order valence-electron chi connectivity index (χ0n) is 12.0. The Morgan fingerprint density at radius 2 is 2.25 bits per heavy atom. The highest BCUT2D eigenvalue weighted by atomic mass is 32.1. The Morgan fingerprint density at radius 1 is 1.50 bits per heavy atom. The van der Waals surface area contributed by atoms with Crippen molar-refractivity contribution in [1.82, 2.24) is 4.90 Å². The number of aryl methyl sites for hydroxylation is 1. The number of nitrogens with zero attached hydrogens (tertiary/aromatic N) is 1. The molecule has 2 rings (SSSR count). The minimum atomic E-state index is -0.471. The number of methoxy groups -OCH3 is 1. The lowest BCUT2D eigenvalue weighted by molar-refractivity contribution is -0.152. The Balaban J connectivity index is 1.85. The largest absolute Gasteiger partial charge is 0.467 e. The Bertz CT molecular complexity index is 454. The van der Waals surface area contributed by atoms with Crippen LogP contribution in [0.1, 0.15) is 37.5 Å². The predicted molar refractivity (Wildman–Crippen MR) is 78.6 cm³/mol. The number of esters is 1. The normalized spacial score (nSPS) is 15.7. The first-order valence-electron chi connectivity index (χ1n) is 7.05. The van der Waals surface area contributed by atoms with Crippen molar-refractivity contribution in [3.63, 3.8) is 0 Å². The van der Waals surface area contributed by atoms with Crippen molar-refractivity contribution in [2.24, 2.45) is 0 Å². The summed E-state index contributed by atoms with van der Waals surface area (Å²) in [6.45, 7) is 1.75. The smallest absolute Gasteiger partial charge is 0.328 e. The van der Waals surface area contributed by atoms with Crippen molar-refractivity contribution in [2.45, 2.75) is 51.1 Å². The van der Waals surface area contributed by atoms with Crippen molar-refractivity contribution in [3.8, 4) is 0 Å². The number of hydrogen-bond acceptors (Lipinski definition) is 4. The van der Waals surface area contributed by atoms with Crippen LogP contribution in [0.15, 0.2) is 17.5 Å². The highest BCUT2D eigenvalue weighted by Crippen LogP contribution is 2.30. The minimum absolute atomic E-state index is 0.0713. The number of ether oxygens (including phenoxy) is 1. The number of hydrogen-bond donors (Lipinski definition) is 0. The third-order valence-electron chi connectivity index (χ3n) is 3.58. The molecule has 4 nitrogen and oxygen atoms in total. The molecule has 0 aromatic carbocycles. The summed E-state index contributed by atoms with van der Waals surface area (Å²) in [7, 11) is 1.37. The molecule has 1 saturated carbocycles. The van der Waals surface area contributed by atoms with Crippen molar-refractivity contribution in [1.29, 1.82) is 0 Å². The van der Waals surface area contributed by atoms with Gasteiger partial charge in [-0.1, -0.05) is 6.07 Å². The predicted octanol–water partition coefficient (Wildman–Crippen LogP) is 2.62. The molecule has 110 valence electrons. The van der Waals surface area contributed by atoms with Gasteiger partial charge >= 0.3 is 5.97 Å². The van der Waals surface area contributed by atoms with E-state index in [0.29, 0.717) is 6.42 Å². The molecule has 1 heterocycles. The van der Waals surface area contributed by atoms with Crippen LogP contribution in [-0.2, 0) is 20.7 Å². The van der Waals surface area contributed by atoms with Crippen molar-refractivity contribution < 1.29 is 14.3 Å². The first kappa shape index (κ1) is 15.0. The number of carbonyl (C=O) groups excluding carboxylic acids is 2. The van der Waals surface area contributed by atoms with Gasteiger partial charge in [0, 0.05) is 17.3 Å². The molecular weight excluding hydrogens is 274 g/mol. The molecule has 0 radical (unpaired) electrons. The SMILES string of the molecule is COC(=O)C(C)N(C(=O)CCCc1cccs1)C1CC1. The maximum atomic E-state index is 12.3. The first-order chi connectivity index (χ1) is 9.63. The summed E-state index contributed by atoms with van der Waals surface area (Å²) in [6.07, 6.45) is 4.25. The minimum Gasteiger partial charge on any atom is -0.467 e. The Labute approximate surface area is 123 Å². The van der Waals surface area contributed by atoms with Gasteiger partial charge in [0.1, 0.15) is 6.04 Å². The molecule has 1 unspecified atom stereocenters. The maximum absolute atomic E-state index is 12.3. The quantitative estimate of drug-likeness (QED) is 0.726. The topological polar surface area (TPSA) is 46.6 Å². The molecule has 1 atom stereocenters. The van der Waals surface area contributed by atoms with Crippen LogP contribution < -0.4 is 0 Å². The van der Waals surface area contributed by atoms with Crippen LogP contribution >= 0.6 is 11.3 Å². The van der Waals surface area contributed by atoms with E-state index in [4.69, 9.17) is 4.74 Å². The van der Waals surface area contributed by atoms with Crippen LogP contribution in [0.5, 0.6) is 0 Å². The molecule has 0 bridgehead atoms. The molecule has 1 aliphatic carbocycles. The monoisotopic (exact) mass is 295 g/mol. The standard InChI is InChI=1S/C15H21NO3S/c1-11(15(18)19-2)16(12-8-9-12)14(17)7-3-5-13-6-4-10-20-13/h4,6,10-12H,3,5,7-9H2,1-2H3. The molecule has 1 amide bonds. The third-order valence-corrected chi connectivity index (χ3v) is 4.52. The van der Waals surface area contributed by atoms with Crippen molar-refractivity contribution in [2.75, 3.05) is 7.11 Å². The van der Waals surface area contributed by atoms with Crippen LogP contribution in [0.25, 0.3) is 0 Å². The zero-order chi connectivity index (χ0) is 14.5. The summed E-state index contributed by atoms with van der Waals surface area (Å²) in [5, 5.41) is 2.05. The van der Waals surface area contributed by atoms with Gasteiger partial charge in [-0.2, -0.15) is 0 Å². The average Bonchev–Trinajstić information content (AvgIpc) is 3.13. The van der Waals surface area contributed by atoms with E-state index >= 15 is 0 Å². The van der Waals surface area contributed by atoms with Crippen molar-refractivity contribution >= 4 is 23.2 Å². The number of thiophene rings is 1. The molecule has 1 fully saturated rings. The molecule has 0 N–H and O–H groups in total. The van der Waals surface area contributed by atoms with Crippen molar-refractivity contribution in [3.05, 3.63) is 22.4 Å². The lowest BCUT2D eigenvalue weighted by atomic mass is 10.1. The Morgan fingerprint density at radius 3 is 2.80 bits per heavy atom. The zero-order valence-corrected chi connectivity index (χ0v) is 12.8. The van der Waals surface area contributed by atoms with Crippen LogP contribution in [0, 0.1) is 0 Å². The van der Waals surface area contributed by atoms with Crippen LogP contribution in [0.4, 0.5) is 0 Å². The van der Waals surface area contributed by atoms with E-state index < -0.39 is 6.04 Å². The number of amides is 1. The fourth-order valence-corrected chi connectivity index (χ4v) is 3.12. The molecule has 0 saturated heterocycles. The molecule has 0 aliphatic heterocycles. The Hall–Kier alpha value is -1.36. The molecule has 1 aliphatic rings. The summed E-state index contributed by atoms with van der Waals surface area (Å²) >= 11 is 1.72. The van der Waals surface area contributed by atoms with Gasteiger partial charge < -0.3 is 9.64 Å². The second-order valence-corrected chi connectivity index (χ2v) is 6.20. The van der Waals surface area contributed by atoms with Gasteiger partial charge in [0.25, 0.3) is 0 Å². The number of carbonyl (C=O) groups is 2. The fourth-order valence-electron chi connectivity index (χ4n) is 2.37. The molecule has 5 heteroatoms. The van der Waals surface area contributed by atoms with Crippen LogP contribution in [-0.4, -0.2) is 36.0 Å². The summed E-state index contributed by atoms with van der Waals surface area (Å²) < 4.78 is 4.75. The lowest BCUT2D eigenvalue weighted by Crippen LogP contribution is -2.45. The molecular formula is C15H21NO3S. The van der Waals surface area contributed by atoms with E-state index in [1.54, 1.807) is 23.2 Å². The van der Waals surface area contributed by atoms with Gasteiger partial charge in [-0.05, 0) is 44.1 Å². The second kappa shape index (κ2) is 6.88. The number of rotatable bonds is 7. The van der Waals surface area contributed by atoms with E-state index in [-0.39, 0.29) is 17.9 Å². The van der Waals surface area contributed by atoms with E-state index in [9.17, 15) is 9.59 Å². The van der Waals surface area contributed by atoms with Gasteiger partial charge in [0.15, 0.2) is 0 Å². The van der Waals surface area contributed by atoms with Gasteiger partial charge in [-0.3, -0.25) is 4.79 Å². The molecule has 1 aromatic heterocycles.